The highest BCUT2D eigenvalue weighted by atomic mass is 35.5. The van der Waals surface area contributed by atoms with Gasteiger partial charge >= 0.3 is 0 Å². The molecule has 4 aromatic rings. The normalized spacial score (nSPS) is 11.9. The molecule has 0 saturated heterocycles. The third-order valence-electron chi connectivity index (χ3n) is 7.19. The van der Waals surface area contributed by atoms with Gasteiger partial charge in [0, 0.05) is 24.5 Å². The van der Waals surface area contributed by atoms with Crippen LogP contribution in [0.3, 0.4) is 0 Å². The van der Waals surface area contributed by atoms with E-state index in [0.29, 0.717) is 28.4 Å². The minimum Gasteiger partial charge on any atom is -0.355 e. The van der Waals surface area contributed by atoms with Crippen LogP contribution in [-0.4, -0.2) is 44.3 Å². The van der Waals surface area contributed by atoms with Crippen molar-refractivity contribution in [3.63, 3.8) is 0 Å². The Morgan fingerprint density at radius 3 is 2.12 bits per heavy atom. The number of nitrogens with one attached hydrogen (secondary N) is 1. The Labute approximate surface area is 259 Å². The van der Waals surface area contributed by atoms with Crippen molar-refractivity contribution in [2.45, 2.75) is 44.7 Å². The molecular formula is C34H36ClN3O4S. The van der Waals surface area contributed by atoms with Gasteiger partial charge in [-0.3, -0.25) is 13.9 Å². The van der Waals surface area contributed by atoms with E-state index in [1.54, 1.807) is 55.5 Å². The van der Waals surface area contributed by atoms with E-state index in [4.69, 9.17) is 11.6 Å². The first kappa shape index (κ1) is 31.8. The van der Waals surface area contributed by atoms with Crippen molar-refractivity contribution in [2.24, 2.45) is 0 Å². The van der Waals surface area contributed by atoms with E-state index in [-0.39, 0.29) is 23.8 Å². The number of nitrogens with zero attached hydrogens (tertiary/aromatic N) is 2. The maximum atomic E-state index is 14.4. The summed E-state index contributed by atoms with van der Waals surface area (Å²) in [4.78, 5) is 29.5. The van der Waals surface area contributed by atoms with Crippen LogP contribution in [0.2, 0.25) is 5.02 Å². The van der Waals surface area contributed by atoms with Gasteiger partial charge in [-0.05, 0) is 61.7 Å². The highest BCUT2D eigenvalue weighted by Crippen LogP contribution is 2.28. The van der Waals surface area contributed by atoms with Crippen LogP contribution in [0.4, 0.5) is 5.69 Å². The number of likely N-dealkylation sites (N-methyl/N-ethyl adjacent to an activating group) is 1. The first-order valence-corrected chi connectivity index (χ1v) is 15.9. The van der Waals surface area contributed by atoms with E-state index in [0.717, 1.165) is 15.4 Å². The molecule has 9 heteroatoms. The molecule has 0 fully saturated rings. The van der Waals surface area contributed by atoms with Gasteiger partial charge in [-0.1, -0.05) is 96.0 Å². The molecule has 4 rings (SSSR count). The third-order valence-corrected chi connectivity index (χ3v) is 9.34. The number of amides is 2. The summed E-state index contributed by atoms with van der Waals surface area (Å²) >= 11 is 6.52. The van der Waals surface area contributed by atoms with E-state index in [1.165, 1.54) is 17.0 Å². The Morgan fingerprint density at radius 2 is 1.47 bits per heavy atom. The van der Waals surface area contributed by atoms with Crippen molar-refractivity contribution in [3.8, 4) is 0 Å². The van der Waals surface area contributed by atoms with Crippen molar-refractivity contribution in [3.05, 3.63) is 130 Å². The SMILES string of the molecule is CCNC(=O)[C@@H](Cc1ccccc1)N(Cc1ccccc1Cl)C(=O)CN(c1ccccc1C)S(=O)(=O)c1ccc(C)cc1. The summed E-state index contributed by atoms with van der Waals surface area (Å²) in [7, 11) is -4.16. The van der Waals surface area contributed by atoms with Crippen LogP contribution in [0.15, 0.2) is 108 Å². The number of halogens is 1. The molecule has 0 aliphatic carbocycles. The number of hydrogen-bond acceptors (Lipinski definition) is 4. The highest BCUT2D eigenvalue weighted by Gasteiger charge is 2.35. The van der Waals surface area contributed by atoms with Crippen LogP contribution >= 0.6 is 11.6 Å². The molecule has 0 aliphatic heterocycles. The Balaban J connectivity index is 1.81. The Morgan fingerprint density at radius 1 is 0.837 bits per heavy atom. The quantitative estimate of drug-likeness (QED) is 0.214. The lowest BCUT2D eigenvalue weighted by atomic mass is 10.0. The van der Waals surface area contributed by atoms with E-state index in [9.17, 15) is 18.0 Å². The minimum absolute atomic E-state index is 0.0132. The first-order valence-electron chi connectivity index (χ1n) is 14.1. The fourth-order valence-corrected chi connectivity index (χ4v) is 6.52. The molecular weight excluding hydrogens is 582 g/mol. The Kier molecular flexibility index (Phi) is 10.6. The lowest BCUT2D eigenvalue weighted by Crippen LogP contribution is -2.53. The molecule has 0 radical (unpaired) electrons. The molecule has 0 heterocycles. The topological polar surface area (TPSA) is 86.8 Å². The van der Waals surface area contributed by atoms with E-state index in [2.05, 4.69) is 5.32 Å². The van der Waals surface area contributed by atoms with Crippen LogP contribution in [0.1, 0.15) is 29.2 Å². The van der Waals surface area contributed by atoms with Crippen molar-refractivity contribution < 1.29 is 18.0 Å². The number of benzene rings is 4. The van der Waals surface area contributed by atoms with Crippen LogP contribution in [0, 0.1) is 13.8 Å². The summed E-state index contributed by atoms with van der Waals surface area (Å²) in [5.41, 5.74) is 3.48. The maximum absolute atomic E-state index is 14.4. The summed E-state index contributed by atoms with van der Waals surface area (Å²) in [6.45, 7) is 5.35. The molecule has 0 saturated carbocycles. The summed E-state index contributed by atoms with van der Waals surface area (Å²) < 4.78 is 29.4. The third kappa shape index (κ3) is 7.83. The molecule has 0 spiro atoms. The van der Waals surface area contributed by atoms with Crippen molar-refractivity contribution >= 4 is 39.1 Å². The van der Waals surface area contributed by atoms with E-state index in [1.807, 2.05) is 56.3 Å². The number of para-hydroxylation sites is 1. The van der Waals surface area contributed by atoms with Crippen LogP contribution in [0.5, 0.6) is 0 Å². The van der Waals surface area contributed by atoms with Gasteiger partial charge in [-0.2, -0.15) is 0 Å². The number of sulfonamides is 1. The smallest absolute Gasteiger partial charge is 0.264 e. The summed E-state index contributed by atoms with van der Waals surface area (Å²) in [6.07, 6.45) is 0.234. The zero-order chi connectivity index (χ0) is 31.0. The van der Waals surface area contributed by atoms with Crippen LogP contribution < -0.4 is 9.62 Å². The highest BCUT2D eigenvalue weighted by molar-refractivity contribution is 7.92. The van der Waals surface area contributed by atoms with Gasteiger partial charge in [0.1, 0.15) is 12.6 Å². The maximum Gasteiger partial charge on any atom is 0.264 e. The van der Waals surface area contributed by atoms with E-state index < -0.39 is 28.5 Å². The second-order valence-corrected chi connectivity index (χ2v) is 12.6. The zero-order valence-corrected chi connectivity index (χ0v) is 26.1. The molecule has 224 valence electrons. The molecule has 1 N–H and O–H groups in total. The second-order valence-electron chi connectivity index (χ2n) is 10.3. The number of rotatable bonds is 12. The van der Waals surface area contributed by atoms with E-state index >= 15 is 0 Å². The van der Waals surface area contributed by atoms with Crippen LogP contribution in [0.25, 0.3) is 0 Å². The Hall–Kier alpha value is -4.14. The van der Waals surface area contributed by atoms with Crippen LogP contribution in [-0.2, 0) is 32.6 Å². The van der Waals surface area contributed by atoms with Gasteiger partial charge in [-0.15, -0.1) is 0 Å². The molecule has 0 bridgehead atoms. The number of hydrogen-bond donors (Lipinski definition) is 1. The number of anilines is 1. The van der Waals surface area contributed by atoms with Crippen molar-refractivity contribution in [1.29, 1.82) is 0 Å². The average Bonchev–Trinajstić information content (AvgIpc) is 2.99. The molecule has 7 nitrogen and oxygen atoms in total. The fraction of sp³-hybridized carbons (Fsp3) is 0.235. The van der Waals surface area contributed by atoms with Gasteiger partial charge in [0.15, 0.2) is 0 Å². The largest absolute Gasteiger partial charge is 0.355 e. The molecule has 43 heavy (non-hydrogen) atoms. The zero-order valence-electron chi connectivity index (χ0n) is 24.5. The second kappa shape index (κ2) is 14.4. The van der Waals surface area contributed by atoms with Crippen molar-refractivity contribution in [2.75, 3.05) is 17.4 Å². The lowest BCUT2D eigenvalue weighted by Gasteiger charge is -2.34. The molecule has 2 amide bonds. The molecule has 0 aliphatic rings. The monoisotopic (exact) mass is 617 g/mol. The minimum atomic E-state index is -4.16. The van der Waals surface area contributed by atoms with Gasteiger partial charge in [0.2, 0.25) is 11.8 Å². The van der Waals surface area contributed by atoms with Crippen molar-refractivity contribution in [1.82, 2.24) is 10.2 Å². The molecule has 4 aromatic carbocycles. The Bertz CT molecular complexity index is 1660. The van der Waals surface area contributed by atoms with Gasteiger partial charge in [0.25, 0.3) is 10.0 Å². The number of aryl methyl sites for hydroxylation is 2. The first-order chi connectivity index (χ1) is 20.6. The summed E-state index contributed by atoms with van der Waals surface area (Å²) in [6, 6.07) is 29.1. The predicted octanol–water partition coefficient (Wildman–Crippen LogP) is 5.93. The fourth-order valence-electron chi connectivity index (χ4n) is 4.85. The van der Waals surface area contributed by atoms with Gasteiger partial charge < -0.3 is 10.2 Å². The summed E-state index contributed by atoms with van der Waals surface area (Å²) in [5.74, 6) is -0.873. The summed E-state index contributed by atoms with van der Waals surface area (Å²) in [5, 5.41) is 3.30. The molecule has 0 aromatic heterocycles. The van der Waals surface area contributed by atoms with Gasteiger partial charge in [0.05, 0.1) is 10.6 Å². The predicted molar refractivity (Wildman–Crippen MR) is 172 cm³/mol. The molecule has 0 unspecified atom stereocenters. The number of carbonyl (C=O) groups is 2. The number of carbonyl (C=O) groups excluding carboxylic acids is 2. The average molecular weight is 618 g/mol. The lowest BCUT2D eigenvalue weighted by molar-refractivity contribution is -0.140. The van der Waals surface area contributed by atoms with Gasteiger partial charge in [-0.25, -0.2) is 8.42 Å². The molecule has 1 atom stereocenters. The standard InChI is InChI=1S/C34H36ClN3O4S/c1-4-36-34(40)32(22-27-13-6-5-7-14-27)37(23-28-15-9-10-16-30(28)35)33(39)24-38(31-17-11-8-12-26(31)3)43(41,42)29-20-18-25(2)19-21-29/h5-21,32H,4,22-24H2,1-3H3,(H,36,40)/t32-/m1/s1.